The summed E-state index contributed by atoms with van der Waals surface area (Å²) in [5.74, 6) is -1.61. The maximum absolute atomic E-state index is 12.8. The number of carbonyl (C=O) groups is 2. The number of hydrogen-bond acceptors (Lipinski definition) is 4. The first kappa shape index (κ1) is 20.1. The number of alkyl halides is 3. The molecular formula is C18H16F3N5O3. The molecule has 0 aliphatic rings. The lowest BCUT2D eigenvalue weighted by Crippen LogP contribution is -2.16. The Bertz CT molecular complexity index is 1040. The van der Waals surface area contributed by atoms with E-state index in [2.05, 4.69) is 15.5 Å². The zero-order valence-corrected chi connectivity index (χ0v) is 15.1. The van der Waals surface area contributed by atoms with Crippen LogP contribution in [0.5, 0.6) is 0 Å². The van der Waals surface area contributed by atoms with E-state index in [1.54, 1.807) is 6.07 Å². The van der Waals surface area contributed by atoms with Crippen LogP contribution in [0.4, 0.5) is 18.9 Å². The van der Waals surface area contributed by atoms with Crippen LogP contribution in [-0.2, 0) is 17.5 Å². The monoisotopic (exact) mass is 407 g/mol. The minimum atomic E-state index is -4.43. The first-order valence-corrected chi connectivity index (χ1v) is 8.40. The van der Waals surface area contributed by atoms with Gasteiger partial charge in [0.1, 0.15) is 6.04 Å². The van der Waals surface area contributed by atoms with E-state index in [9.17, 15) is 22.8 Å². The van der Waals surface area contributed by atoms with Gasteiger partial charge in [-0.3, -0.25) is 14.2 Å². The second-order valence-electron chi connectivity index (χ2n) is 6.30. The summed E-state index contributed by atoms with van der Waals surface area (Å²) in [7, 11) is 0. The molecule has 8 nitrogen and oxygen atoms in total. The molecule has 3 rings (SSSR count). The molecule has 152 valence electrons. The van der Waals surface area contributed by atoms with E-state index in [0.717, 1.165) is 16.8 Å². The number of aromatic nitrogens is 4. The number of carboxylic acid groups (broad SMARTS) is 1. The molecular weight excluding hydrogens is 391 g/mol. The highest BCUT2D eigenvalue weighted by Crippen LogP contribution is 2.29. The third kappa shape index (κ3) is 4.81. The number of nitrogens with zero attached hydrogens (tertiary/aromatic N) is 4. The van der Waals surface area contributed by atoms with Gasteiger partial charge in [0, 0.05) is 12.4 Å². The Morgan fingerprint density at radius 3 is 2.66 bits per heavy atom. The van der Waals surface area contributed by atoms with Crippen molar-refractivity contribution in [3.05, 3.63) is 65.7 Å². The number of amides is 1. The van der Waals surface area contributed by atoms with Gasteiger partial charge in [-0.1, -0.05) is 12.1 Å². The number of nitrogens with one attached hydrogen (secondary N) is 1. The Morgan fingerprint density at radius 1 is 1.21 bits per heavy atom. The molecule has 0 spiro atoms. The van der Waals surface area contributed by atoms with Crippen molar-refractivity contribution in [1.82, 2.24) is 19.6 Å². The Balaban J connectivity index is 1.66. The summed E-state index contributed by atoms with van der Waals surface area (Å²) < 4.78 is 40.9. The maximum Gasteiger partial charge on any atom is 0.416 e. The quantitative estimate of drug-likeness (QED) is 0.654. The summed E-state index contributed by atoms with van der Waals surface area (Å²) in [6.07, 6.45) is 0.948. The SMILES string of the molecule is CC(C(=O)O)n1cc(C(=O)Nc2cnn(Cc3cccc(C(F)(F)F)c3)c2)cn1. The van der Waals surface area contributed by atoms with E-state index >= 15 is 0 Å². The lowest BCUT2D eigenvalue weighted by atomic mass is 10.1. The van der Waals surface area contributed by atoms with Gasteiger partial charge in [0.25, 0.3) is 5.91 Å². The van der Waals surface area contributed by atoms with Crippen LogP contribution in [-0.4, -0.2) is 36.5 Å². The zero-order chi connectivity index (χ0) is 21.2. The van der Waals surface area contributed by atoms with E-state index in [4.69, 9.17) is 5.11 Å². The fourth-order valence-electron chi connectivity index (χ4n) is 2.53. The second kappa shape index (κ2) is 7.78. The largest absolute Gasteiger partial charge is 0.480 e. The summed E-state index contributed by atoms with van der Waals surface area (Å²) in [4.78, 5) is 23.2. The second-order valence-corrected chi connectivity index (χ2v) is 6.30. The van der Waals surface area contributed by atoms with Crippen LogP contribution in [0, 0.1) is 0 Å². The number of benzene rings is 1. The van der Waals surface area contributed by atoms with E-state index in [-0.39, 0.29) is 12.1 Å². The van der Waals surface area contributed by atoms with Gasteiger partial charge in [0.2, 0.25) is 0 Å². The van der Waals surface area contributed by atoms with Gasteiger partial charge in [-0.25, -0.2) is 4.79 Å². The number of aliphatic carboxylic acids is 1. The lowest BCUT2D eigenvalue weighted by molar-refractivity contribution is -0.140. The molecule has 1 aromatic carbocycles. The Kier molecular flexibility index (Phi) is 5.39. The molecule has 3 aromatic rings. The standard InChI is InChI=1S/C18H16F3N5O3/c1-11(17(28)29)26-9-13(6-23-26)16(27)24-15-7-22-25(10-15)8-12-3-2-4-14(5-12)18(19,20)21/h2-7,9-11H,8H2,1H3,(H,24,27)(H,28,29). The predicted molar refractivity (Wildman–Crippen MR) is 95.3 cm³/mol. The number of carbonyl (C=O) groups excluding carboxylic acids is 1. The fourth-order valence-corrected chi connectivity index (χ4v) is 2.53. The molecule has 0 saturated carbocycles. The van der Waals surface area contributed by atoms with Gasteiger partial charge in [0.15, 0.2) is 0 Å². The van der Waals surface area contributed by atoms with Gasteiger partial charge in [-0.2, -0.15) is 23.4 Å². The Labute approximate surface area is 162 Å². The molecule has 0 radical (unpaired) electrons. The van der Waals surface area contributed by atoms with E-state index in [0.29, 0.717) is 11.3 Å². The normalized spacial score (nSPS) is 12.6. The first-order chi connectivity index (χ1) is 13.6. The van der Waals surface area contributed by atoms with Crippen molar-refractivity contribution < 1.29 is 27.9 Å². The van der Waals surface area contributed by atoms with Gasteiger partial charge in [-0.05, 0) is 24.6 Å². The van der Waals surface area contributed by atoms with Crippen LogP contribution in [0.15, 0.2) is 49.1 Å². The molecule has 1 atom stereocenters. The molecule has 2 aromatic heterocycles. The minimum absolute atomic E-state index is 0.0911. The number of carboxylic acids is 1. The Morgan fingerprint density at radius 2 is 1.97 bits per heavy atom. The first-order valence-electron chi connectivity index (χ1n) is 8.40. The third-order valence-electron chi connectivity index (χ3n) is 4.11. The molecule has 29 heavy (non-hydrogen) atoms. The number of hydrogen-bond donors (Lipinski definition) is 2. The van der Waals surface area contributed by atoms with Crippen molar-refractivity contribution in [3.63, 3.8) is 0 Å². The van der Waals surface area contributed by atoms with Crippen LogP contribution < -0.4 is 5.32 Å². The molecule has 2 heterocycles. The third-order valence-corrected chi connectivity index (χ3v) is 4.11. The highest BCUT2D eigenvalue weighted by atomic mass is 19.4. The van der Waals surface area contributed by atoms with Gasteiger partial charge in [-0.15, -0.1) is 0 Å². The highest BCUT2D eigenvalue weighted by Gasteiger charge is 2.30. The summed E-state index contributed by atoms with van der Waals surface area (Å²) in [5, 5.41) is 19.4. The topological polar surface area (TPSA) is 102 Å². The average Bonchev–Trinajstić information content (AvgIpc) is 3.30. The van der Waals surface area contributed by atoms with Crippen LogP contribution >= 0.6 is 0 Å². The minimum Gasteiger partial charge on any atom is -0.480 e. The van der Waals surface area contributed by atoms with Crippen molar-refractivity contribution in [2.45, 2.75) is 25.7 Å². The molecule has 1 amide bonds. The molecule has 0 bridgehead atoms. The number of rotatable bonds is 6. The lowest BCUT2D eigenvalue weighted by Gasteiger charge is -2.08. The van der Waals surface area contributed by atoms with E-state index < -0.39 is 29.7 Å². The number of anilines is 1. The van der Waals surface area contributed by atoms with Crippen LogP contribution in [0.25, 0.3) is 0 Å². The molecule has 11 heteroatoms. The van der Waals surface area contributed by atoms with Crippen molar-refractivity contribution in [1.29, 1.82) is 0 Å². The highest BCUT2D eigenvalue weighted by molar-refractivity contribution is 6.03. The maximum atomic E-state index is 12.8. The predicted octanol–water partition coefficient (Wildman–Crippen LogP) is 3.04. The van der Waals surface area contributed by atoms with E-state index in [1.807, 2.05) is 0 Å². The average molecular weight is 407 g/mol. The molecule has 0 aliphatic carbocycles. The molecule has 2 N–H and O–H groups in total. The van der Waals surface area contributed by atoms with E-state index in [1.165, 1.54) is 42.5 Å². The van der Waals surface area contributed by atoms with Crippen LogP contribution in [0.3, 0.4) is 0 Å². The summed E-state index contributed by atoms with van der Waals surface area (Å²) in [6.45, 7) is 1.52. The van der Waals surface area contributed by atoms with Crippen LogP contribution in [0.2, 0.25) is 0 Å². The van der Waals surface area contributed by atoms with Crippen molar-refractivity contribution >= 4 is 17.6 Å². The molecule has 0 aliphatic heterocycles. The zero-order valence-electron chi connectivity index (χ0n) is 15.1. The smallest absolute Gasteiger partial charge is 0.416 e. The van der Waals surface area contributed by atoms with Gasteiger partial charge < -0.3 is 10.4 Å². The fraction of sp³-hybridized carbons (Fsp3) is 0.222. The molecule has 0 fully saturated rings. The van der Waals surface area contributed by atoms with Crippen molar-refractivity contribution in [2.75, 3.05) is 5.32 Å². The number of halogens is 3. The van der Waals surface area contributed by atoms with Crippen LogP contribution in [0.1, 0.15) is 34.5 Å². The molecule has 0 saturated heterocycles. The van der Waals surface area contributed by atoms with Gasteiger partial charge in [0.05, 0.1) is 35.8 Å². The van der Waals surface area contributed by atoms with Gasteiger partial charge >= 0.3 is 12.1 Å². The summed E-state index contributed by atoms with van der Waals surface area (Å²) in [6, 6.07) is 3.97. The van der Waals surface area contributed by atoms with Crippen molar-refractivity contribution in [2.24, 2.45) is 0 Å². The summed E-state index contributed by atoms with van der Waals surface area (Å²) >= 11 is 0. The van der Waals surface area contributed by atoms with Crippen molar-refractivity contribution in [3.8, 4) is 0 Å². The Hall–Kier alpha value is -3.63. The summed E-state index contributed by atoms with van der Waals surface area (Å²) in [5.41, 5.74) is 0.151. The molecule has 1 unspecified atom stereocenters.